The molecule has 2 aromatic carbocycles. The van der Waals surface area contributed by atoms with Crippen molar-refractivity contribution in [3.8, 4) is 5.75 Å². The number of amides is 2. The predicted octanol–water partition coefficient (Wildman–Crippen LogP) is 3.83. The van der Waals surface area contributed by atoms with E-state index in [1.54, 1.807) is 30.3 Å². The first-order valence-electron chi connectivity index (χ1n) is 8.57. The Kier molecular flexibility index (Phi) is 5.21. The molecule has 0 spiro atoms. The molecule has 26 heavy (non-hydrogen) atoms. The molecule has 2 atom stereocenters. The van der Waals surface area contributed by atoms with Crippen molar-refractivity contribution in [2.24, 2.45) is 11.8 Å². The summed E-state index contributed by atoms with van der Waals surface area (Å²) in [6.45, 7) is 3.81. The highest BCUT2D eigenvalue weighted by atomic mass is 19.1. The van der Waals surface area contributed by atoms with E-state index in [1.165, 1.54) is 12.1 Å². The lowest BCUT2D eigenvalue weighted by molar-refractivity contribution is -0.122. The normalized spacial score (nSPS) is 18.3. The number of anilines is 2. The van der Waals surface area contributed by atoms with E-state index in [0.717, 1.165) is 0 Å². The van der Waals surface area contributed by atoms with E-state index in [9.17, 15) is 14.0 Å². The number of rotatable bonds is 6. The minimum Gasteiger partial charge on any atom is -0.489 e. The number of para-hydroxylation sites is 3. The molecular formula is C20H21FN2O3. The highest BCUT2D eigenvalue weighted by molar-refractivity contribution is 6.03. The van der Waals surface area contributed by atoms with Crippen LogP contribution in [-0.2, 0) is 9.59 Å². The number of hydrogen-bond donors (Lipinski definition) is 2. The molecule has 136 valence electrons. The molecule has 0 aliphatic heterocycles. The fourth-order valence-corrected chi connectivity index (χ4v) is 2.71. The Bertz CT molecular complexity index is 822. The maximum Gasteiger partial charge on any atom is 0.228 e. The zero-order valence-electron chi connectivity index (χ0n) is 14.7. The number of hydrogen-bond acceptors (Lipinski definition) is 3. The van der Waals surface area contributed by atoms with Crippen molar-refractivity contribution in [3.05, 3.63) is 54.3 Å². The van der Waals surface area contributed by atoms with E-state index in [0.29, 0.717) is 17.9 Å². The molecule has 1 fully saturated rings. The third-order valence-electron chi connectivity index (χ3n) is 4.10. The minimum atomic E-state index is -0.498. The molecule has 2 aromatic rings. The summed E-state index contributed by atoms with van der Waals surface area (Å²) in [6.07, 6.45) is 0.424. The average Bonchev–Trinajstić information content (AvgIpc) is 3.39. The first-order valence-corrected chi connectivity index (χ1v) is 8.57. The molecule has 5 nitrogen and oxygen atoms in total. The van der Waals surface area contributed by atoms with E-state index in [2.05, 4.69) is 10.6 Å². The van der Waals surface area contributed by atoms with Gasteiger partial charge in [-0.05, 0) is 44.5 Å². The number of halogens is 1. The van der Waals surface area contributed by atoms with Crippen LogP contribution in [0.5, 0.6) is 5.75 Å². The summed E-state index contributed by atoms with van der Waals surface area (Å²) in [4.78, 5) is 24.7. The molecule has 1 aliphatic rings. The minimum absolute atomic E-state index is 0.0201. The first kappa shape index (κ1) is 17.9. The quantitative estimate of drug-likeness (QED) is 0.827. The van der Waals surface area contributed by atoms with E-state index in [-0.39, 0.29) is 23.6 Å². The maximum atomic E-state index is 13.6. The molecule has 6 heteroatoms. The number of ether oxygens (including phenoxy) is 1. The van der Waals surface area contributed by atoms with Crippen LogP contribution in [0.3, 0.4) is 0 Å². The summed E-state index contributed by atoms with van der Waals surface area (Å²) in [7, 11) is 0. The maximum absolute atomic E-state index is 13.6. The van der Waals surface area contributed by atoms with Gasteiger partial charge in [-0.2, -0.15) is 0 Å². The molecule has 1 saturated carbocycles. The van der Waals surface area contributed by atoms with Crippen LogP contribution < -0.4 is 15.4 Å². The third kappa shape index (κ3) is 4.20. The van der Waals surface area contributed by atoms with Crippen molar-refractivity contribution < 1.29 is 18.7 Å². The second-order valence-corrected chi connectivity index (χ2v) is 6.57. The van der Waals surface area contributed by atoms with Crippen molar-refractivity contribution in [1.82, 2.24) is 0 Å². The van der Waals surface area contributed by atoms with Crippen LogP contribution in [0, 0.1) is 17.7 Å². The SMILES string of the molecule is CC(C)Oc1ccccc1NC(=O)C1CC1C(=O)Nc1ccccc1F. The average molecular weight is 356 g/mol. The summed E-state index contributed by atoms with van der Waals surface area (Å²) in [5.74, 6) is -1.37. The Labute approximate surface area is 151 Å². The van der Waals surface area contributed by atoms with Gasteiger partial charge in [-0.1, -0.05) is 24.3 Å². The van der Waals surface area contributed by atoms with Gasteiger partial charge in [0.05, 0.1) is 29.3 Å². The molecule has 3 rings (SSSR count). The van der Waals surface area contributed by atoms with Gasteiger partial charge in [0, 0.05) is 0 Å². The summed E-state index contributed by atoms with van der Waals surface area (Å²) in [5, 5.41) is 5.36. The lowest BCUT2D eigenvalue weighted by Gasteiger charge is -2.14. The second kappa shape index (κ2) is 7.56. The van der Waals surface area contributed by atoms with Gasteiger partial charge in [-0.25, -0.2) is 4.39 Å². The predicted molar refractivity (Wildman–Crippen MR) is 97.5 cm³/mol. The summed E-state index contributed by atoms with van der Waals surface area (Å²) >= 11 is 0. The fraction of sp³-hybridized carbons (Fsp3) is 0.300. The summed E-state index contributed by atoms with van der Waals surface area (Å²) in [5.41, 5.74) is 0.700. The molecule has 2 amide bonds. The molecule has 2 unspecified atom stereocenters. The zero-order valence-corrected chi connectivity index (χ0v) is 14.7. The highest BCUT2D eigenvalue weighted by Crippen LogP contribution is 2.41. The van der Waals surface area contributed by atoms with Gasteiger partial charge >= 0.3 is 0 Å². The van der Waals surface area contributed by atoms with Crippen LogP contribution in [0.1, 0.15) is 20.3 Å². The van der Waals surface area contributed by atoms with Gasteiger partial charge in [0.15, 0.2) is 0 Å². The molecule has 0 saturated heterocycles. The molecular weight excluding hydrogens is 335 g/mol. The monoisotopic (exact) mass is 356 g/mol. The van der Waals surface area contributed by atoms with E-state index < -0.39 is 17.7 Å². The largest absolute Gasteiger partial charge is 0.489 e. The van der Waals surface area contributed by atoms with Crippen LogP contribution >= 0.6 is 0 Å². The Morgan fingerprint density at radius 2 is 1.50 bits per heavy atom. The highest BCUT2D eigenvalue weighted by Gasteiger charge is 2.48. The lowest BCUT2D eigenvalue weighted by Crippen LogP contribution is -2.21. The summed E-state index contributed by atoms with van der Waals surface area (Å²) in [6, 6.07) is 13.1. The van der Waals surface area contributed by atoms with E-state index in [1.807, 2.05) is 19.9 Å². The van der Waals surface area contributed by atoms with Crippen molar-refractivity contribution >= 4 is 23.2 Å². The van der Waals surface area contributed by atoms with E-state index in [4.69, 9.17) is 4.74 Å². The molecule has 0 aromatic heterocycles. The number of carbonyl (C=O) groups is 2. The molecule has 0 bridgehead atoms. The molecule has 2 N–H and O–H groups in total. The van der Waals surface area contributed by atoms with Crippen LogP contribution in [0.2, 0.25) is 0 Å². The first-order chi connectivity index (χ1) is 12.5. The zero-order chi connectivity index (χ0) is 18.7. The van der Waals surface area contributed by atoms with E-state index >= 15 is 0 Å². The Hall–Kier alpha value is -2.89. The Balaban J connectivity index is 1.59. The Morgan fingerprint density at radius 3 is 2.12 bits per heavy atom. The van der Waals surface area contributed by atoms with Crippen molar-refractivity contribution in [2.75, 3.05) is 10.6 Å². The van der Waals surface area contributed by atoms with Gasteiger partial charge in [-0.3, -0.25) is 9.59 Å². The van der Waals surface area contributed by atoms with Crippen LogP contribution in [0.25, 0.3) is 0 Å². The van der Waals surface area contributed by atoms with Gasteiger partial charge in [0.1, 0.15) is 11.6 Å². The Morgan fingerprint density at radius 1 is 0.962 bits per heavy atom. The van der Waals surface area contributed by atoms with Crippen LogP contribution in [-0.4, -0.2) is 17.9 Å². The topological polar surface area (TPSA) is 67.4 Å². The van der Waals surface area contributed by atoms with Gasteiger partial charge < -0.3 is 15.4 Å². The van der Waals surface area contributed by atoms with Crippen LogP contribution in [0.15, 0.2) is 48.5 Å². The number of nitrogens with one attached hydrogen (secondary N) is 2. The second-order valence-electron chi connectivity index (χ2n) is 6.57. The molecule has 0 heterocycles. The van der Waals surface area contributed by atoms with Crippen molar-refractivity contribution in [3.63, 3.8) is 0 Å². The molecule has 0 radical (unpaired) electrons. The van der Waals surface area contributed by atoms with Gasteiger partial charge in [-0.15, -0.1) is 0 Å². The third-order valence-corrected chi connectivity index (χ3v) is 4.10. The lowest BCUT2D eigenvalue weighted by atomic mass is 10.2. The number of benzene rings is 2. The van der Waals surface area contributed by atoms with Gasteiger partial charge in [0.25, 0.3) is 0 Å². The fourth-order valence-electron chi connectivity index (χ4n) is 2.71. The molecule has 1 aliphatic carbocycles. The number of carbonyl (C=O) groups excluding carboxylic acids is 2. The smallest absolute Gasteiger partial charge is 0.228 e. The summed E-state index contributed by atoms with van der Waals surface area (Å²) < 4.78 is 19.3. The van der Waals surface area contributed by atoms with Crippen LogP contribution in [0.4, 0.5) is 15.8 Å². The standard InChI is InChI=1S/C20H21FN2O3/c1-12(2)26-18-10-6-5-9-17(18)23-20(25)14-11-13(14)19(24)22-16-8-4-3-7-15(16)21/h3-10,12-14H,11H2,1-2H3,(H,22,24)(H,23,25). The van der Waals surface area contributed by atoms with Crippen molar-refractivity contribution in [1.29, 1.82) is 0 Å². The van der Waals surface area contributed by atoms with Gasteiger partial charge in [0.2, 0.25) is 11.8 Å². The van der Waals surface area contributed by atoms with Crippen molar-refractivity contribution in [2.45, 2.75) is 26.4 Å².